The van der Waals surface area contributed by atoms with Crippen molar-refractivity contribution in [2.75, 3.05) is 45.9 Å². The van der Waals surface area contributed by atoms with Crippen LogP contribution in [-0.2, 0) is 22.5 Å². The highest BCUT2D eigenvalue weighted by Crippen LogP contribution is 2.18. The number of hydrogen-bond donors (Lipinski definition) is 3. The van der Waals surface area contributed by atoms with E-state index in [0.29, 0.717) is 5.75 Å². The van der Waals surface area contributed by atoms with E-state index in [0.717, 1.165) is 65.3 Å². The van der Waals surface area contributed by atoms with Crippen LogP contribution in [0.25, 0.3) is 0 Å². The molecule has 0 radical (unpaired) electrons. The number of carbonyl (C=O) groups excluding carboxylic acids is 1. The Morgan fingerprint density at radius 2 is 1.89 bits per heavy atom. The number of rotatable bonds is 4. The van der Waals surface area contributed by atoms with E-state index in [9.17, 15) is 4.79 Å². The number of ether oxygens (including phenoxy) is 1. The molecular formula is C21H39N3O3. The lowest BCUT2D eigenvalue weighted by atomic mass is 10.0. The summed E-state index contributed by atoms with van der Waals surface area (Å²) in [7, 11) is 0. The summed E-state index contributed by atoms with van der Waals surface area (Å²) in [5.41, 5.74) is 2.60. The molecule has 6 nitrogen and oxygen atoms in total. The second-order valence-electron chi connectivity index (χ2n) is 6.11. The van der Waals surface area contributed by atoms with E-state index in [1.807, 2.05) is 26.0 Å². The van der Waals surface area contributed by atoms with Gasteiger partial charge in [0.15, 0.2) is 0 Å². The van der Waals surface area contributed by atoms with Gasteiger partial charge >= 0.3 is 0 Å². The van der Waals surface area contributed by atoms with Crippen molar-refractivity contribution >= 4 is 6.41 Å². The first-order valence-electron chi connectivity index (χ1n) is 10.2. The number of aromatic hydroxyl groups is 1. The zero-order chi connectivity index (χ0) is 20.3. The van der Waals surface area contributed by atoms with Crippen molar-refractivity contribution in [3.05, 3.63) is 29.3 Å². The standard InChI is InChI=1S/C9H11NO.C7H14N2O2.C3H8.C2H6/c11-9-2-1-7-3-4-10-6-8(7)5-9;10-7-8-1-2-9-3-5-11-6-4-9;1-3-2;1-2/h1-2,5,10-11H,3-4,6H2;7H,1-6H2,(H,8,10);3H2,1-2H3;1-2H3. The number of nitrogens with one attached hydrogen (secondary N) is 2. The van der Waals surface area contributed by atoms with Crippen molar-refractivity contribution in [1.82, 2.24) is 15.5 Å². The van der Waals surface area contributed by atoms with Crippen LogP contribution in [0.15, 0.2) is 18.2 Å². The number of morpholine rings is 1. The van der Waals surface area contributed by atoms with E-state index < -0.39 is 0 Å². The maximum Gasteiger partial charge on any atom is 0.207 e. The Kier molecular flexibility index (Phi) is 16.7. The van der Waals surface area contributed by atoms with Crippen LogP contribution in [0.2, 0.25) is 0 Å². The first-order chi connectivity index (χ1) is 13.2. The normalized spacial score (nSPS) is 15.4. The van der Waals surface area contributed by atoms with Gasteiger partial charge in [0, 0.05) is 32.7 Å². The maximum absolute atomic E-state index is 9.89. The third-order valence-corrected chi connectivity index (χ3v) is 3.84. The molecule has 0 saturated carbocycles. The van der Waals surface area contributed by atoms with Crippen LogP contribution in [0, 0.1) is 0 Å². The van der Waals surface area contributed by atoms with Crippen LogP contribution in [0.1, 0.15) is 45.2 Å². The first-order valence-corrected chi connectivity index (χ1v) is 10.2. The number of amides is 1. The molecule has 1 amide bonds. The molecule has 1 aromatic carbocycles. The number of nitrogens with zero attached hydrogens (tertiary/aromatic N) is 1. The largest absolute Gasteiger partial charge is 0.508 e. The molecule has 0 aromatic heterocycles. The number of fused-ring (bicyclic) bond motifs is 1. The van der Waals surface area contributed by atoms with E-state index in [2.05, 4.69) is 29.4 Å². The van der Waals surface area contributed by atoms with Gasteiger partial charge in [0.1, 0.15) is 5.75 Å². The van der Waals surface area contributed by atoms with Crippen molar-refractivity contribution < 1.29 is 14.6 Å². The Balaban J connectivity index is 0.000000406. The average Bonchev–Trinajstić information content (AvgIpc) is 2.71. The lowest BCUT2D eigenvalue weighted by Gasteiger charge is -2.26. The Labute approximate surface area is 165 Å². The average molecular weight is 382 g/mol. The van der Waals surface area contributed by atoms with Crippen LogP contribution in [0.4, 0.5) is 0 Å². The lowest BCUT2D eigenvalue weighted by molar-refractivity contribution is -0.109. The molecule has 2 aliphatic heterocycles. The monoisotopic (exact) mass is 381 g/mol. The SMILES string of the molecule is CC.CCC.O=CNCCN1CCOCC1.Oc1ccc2c(c1)CNCC2. The molecule has 0 bridgehead atoms. The van der Waals surface area contributed by atoms with E-state index in [-0.39, 0.29) is 0 Å². The minimum atomic E-state index is 0.368. The Bertz CT molecular complexity index is 478. The summed E-state index contributed by atoms with van der Waals surface area (Å²) in [6, 6.07) is 5.59. The summed E-state index contributed by atoms with van der Waals surface area (Å²) in [6.45, 7) is 15.5. The van der Waals surface area contributed by atoms with Gasteiger partial charge in [-0.05, 0) is 36.2 Å². The fraction of sp³-hybridized carbons (Fsp3) is 0.667. The van der Waals surface area contributed by atoms with Gasteiger partial charge in [-0.15, -0.1) is 0 Å². The summed E-state index contributed by atoms with van der Waals surface area (Å²) in [4.78, 5) is 12.2. The predicted molar refractivity (Wildman–Crippen MR) is 112 cm³/mol. The zero-order valence-corrected chi connectivity index (χ0v) is 17.6. The third-order valence-electron chi connectivity index (χ3n) is 3.84. The van der Waals surface area contributed by atoms with Gasteiger partial charge in [-0.1, -0.05) is 40.2 Å². The van der Waals surface area contributed by atoms with E-state index in [4.69, 9.17) is 9.84 Å². The van der Waals surface area contributed by atoms with Crippen molar-refractivity contribution in [2.24, 2.45) is 0 Å². The number of benzene rings is 1. The number of hydrogen-bond acceptors (Lipinski definition) is 5. The van der Waals surface area contributed by atoms with Crippen molar-refractivity contribution in [2.45, 2.75) is 47.1 Å². The Morgan fingerprint density at radius 1 is 1.22 bits per heavy atom. The third kappa shape index (κ3) is 12.4. The van der Waals surface area contributed by atoms with Gasteiger partial charge in [-0.3, -0.25) is 9.69 Å². The molecule has 6 heteroatoms. The summed E-state index contributed by atoms with van der Waals surface area (Å²) < 4.78 is 5.17. The molecular weight excluding hydrogens is 342 g/mol. The highest BCUT2D eigenvalue weighted by atomic mass is 16.5. The minimum Gasteiger partial charge on any atom is -0.508 e. The lowest BCUT2D eigenvalue weighted by Crippen LogP contribution is -2.40. The number of carbonyl (C=O) groups is 1. The van der Waals surface area contributed by atoms with E-state index in [1.165, 1.54) is 17.5 Å². The molecule has 1 saturated heterocycles. The maximum atomic E-state index is 9.89. The van der Waals surface area contributed by atoms with E-state index in [1.54, 1.807) is 6.07 Å². The molecule has 0 spiro atoms. The van der Waals surface area contributed by atoms with Gasteiger partial charge in [-0.2, -0.15) is 0 Å². The zero-order valence-electron chi connectivity index (χ0n) is 17.6. The van der Waals surface area contributed by atoms with Crippen LogP contribution < -0.4 is 10.6 Å². The van der Waals surface area contributed by atoms with Gasteiger partial charge in [0.2, 0.25) is 6.41 Å². The molecule has 1 aromatic rings. The molecule has 27 heavy (non-hydrogen) atoms. The van der Waals surface area contributed by atoms with Crippen molar-refractivity contribution in [3.8, 4) is 5.75 Å². The summed E-state index contributed by atoms with van der Waals surface area (Å²) in [5, 5.41) is 15.0. The predicted octanol–water partition coefficient (Wildman–Crippen LogP) is 2.55. The first kappa shape index (κ1) is 25.4. The number of phenolic OH excluding ortho intramolecular Hbond substituents is 1. The molecule has 2 heterocycles. The second-order valence-corrected chi connectivity index (χ2v) is 6.11. The summed E-state index contributed by atoms with van der Waals surface area (Å²) >= 11 is 0. The van der Waals surface area contributed by atoms with Crippen LogP contribution in [0.3, 0.4) is 0 Å². The fourth-order valence-electron chi connectivity index (χ4n) is 2.57. The van der Waals surface area contributed by atoms with Crippen LogP contribution in [-0.4, -0.2) is 62.4 Å². The highest BCUT2D eigenvalue weighted by Gasteiger charge is 2.08. The van der Waals surface area contributed by atoms with Gasteiger partial charge in [0.25, 0.3) is 0 Å². The smallest absolute Gasteiger partial charge is 0.207 e. The quantitative estimate of drug-likeness (QED) is 0.552. The second kappa shape index (κ2) is 17.8. The molecule has 156 valence electrons. The molecule has 3 rings (SSSR count). The van der Waals surface area contributed by atoms with E-state index >= 15 is 0 Å². The topological polar surface area (TPSA) is 73.8 Å². The summed E-state index contributed by atoms with van der Waals surface area (Å²) in [6.07, 6.45) is 3.07. The highest BCUT2D eigenvalue weighted by molar-refractivity contribution is 5.45. The Hall–Kier alpha value is -1.63. The molecule has 0 aliphatic carbocycles. The molecule has 1 fully saturated rings. The minimum absolute atomic E-state index is 0.368. The van der Waals surface area contributed by atoms with Gasteiger partial charge < -0.3 is 20.5 Å². The van der Waals surface area contributed by atoms with Crippen molar-refractivity contribution in [3.63, 3.8) is 0 Å². The summed E-state index contributed by atoms with van der Waals surface area (Å²) in [5.74, 6) is 0.368. The number of phenols is 1. The van der Waals surface area contributed by atoms with Crippen LogP contribution in [0.5, 0.6) is 5.75 Å². The van der Waals surface area contributed by atoms with Crippen molar-refractivity contribution in [1.29, 1.82) is 0 Å². The molecule has 0 atom stereocenters. The fourth-order valence-corrected chi connectivity index (χ4v) is 2.57. The molecule has 0 unspecified atom stereocenters. The molecule has 3 N–H and O–H groups in total. The van der Waals surface area contributed by atoms with Gasteiger partial charge in [0.05, 0.1) is 13.2 Å². The molecule has 2 aliphatic rings. The Morgan fingerprint density at radius 3 is 2.52 bits per heavy atom. The van der Waals surface area contributed by atoms with Crippen LogP contribution >= 0.6 is 0 Å². The van der Waals surface area contributed by atoms with Gasteiger partial charge in [-0.25, -0.2) is 0 Å².